The maximum atomic E-state index is 12.8. The first-order valence-electron chi connectivity index (χ1n) is 9.05. The summed E-state index contributed by atoms with van der Waals surface area (Å²) in [5, 5.41) is 1.22. The van der Waals surface area contributed by atoms with Gasteiger partial charge in [0.25, 0.3) is 5.91 Å². The molecule has 134 valence electrons. The van der Waals surface area contributed by atoms with E-state index in [0.717, 1.165) is 17.6 Å². The number of fused-ring (bicyclic) bond motifs is 1. The first-order chi connectivity index (χ1) is 12.7. The number of H-pyrrole nitrogens is 1. The van der Waals surface area contributed by atoms with Crippen molar-refractivity contribution >= 4 is 16.8 Å². The van der Waals surface area contributed by atoms with Crippen LogP contribution in [0.2, 0.25) is 0 Å². The van der Waals surface area contributed by atoms with Crippen LogP contribution in [0, 0.1) is 12.8 Å². The summed E-state index contributed by atoms with van der Waals surface area (Å²) in [4.78, 5) is 22.2. The van der Waals surface area contributed by atoms with E-state index < -0.39 is 0 Å². The summed E-state index contributed by atoms with van der Waals surface area (Å²) in [7, 11) is 0. The third-order valence-corrected chi connectivity index (χ3v) is 4.93. The molecule has 2 aromatic heterocycles. The zero-order valence-corrected chi connectivity index (χ0v) is 14.9. The van der Waals surface area contributed by atoms with Gasteiger partial charge in [-0.15, -0.1) is 0 Å². The number of hydrogen-bond acceptors (Lipinski definition) is 3. The monoisotopic (exact) mass is 349 g/mol. The van der Waals surface area contributed by atoms with Gasteiger partial charge in [0.05, 0.1) is 18.8 Å². The van der Waals surface area contributed by atoms with Crippen LogP contribution in [0.3, 0.4) is 0 Å². The Bertz CT molecular complexity index is 901. The molecule has 0 radical (unpaired) electrons. The van der Waals surface area contributed by atoms with E-state index in [2.05, 4.69) is 34.2 Å². The Morgan fingerprint density at radius 1 is 1.31 bits per heavy atom. The fourth-order valence-electron chi connectivity index (χ4n) is 3.53. The van der Waals surface area contributed by atoms with E-state index in [0.29, 0.717) is 31.9 Å². The molecule has 1 atom stereocenters. The van der Waals surface area contributed by atoms with Gasteiger partial charge < -0.3 is 14.6 Å². The molecule has 0 aliphatic carbocycles. The van der Waals surface area contributed by atoms with Crippen molar-refractivity contribution in [1.29, 1.82) is 0 Å². The molecule has 1 N–H and O–H groups in total. The van der Waals surface area contributed by atoms with E-state index >= 15 is 0 Å². The second kappa shape index (κ2) is 7.30. The summed E-state index contributed by atoms with van der Waals surface area (Å²) in [6.07, 6.45) is 4.52. The van der Waals surface area contributed by atoms with E-state index in [1.54, 1.807) is 6.20 Å². The predicted octanol–water partition coefficient (Wildman–Crippen LogP) is 3.20. The highest BCUT2D eigenvalue weighted by atomic mass is 16.5. The maximum absolute atomic E-state index is 12.8. The lowest BCUT2D eigenvalue weighted by atomic mass is 9.98. The van der Waals surface area contributed by atoms with Gasteiger partial charge in [0.1, 0.15) is 0 Å². The molecule has 1 fully saturated rings. The van der Waals surface area contributed by atoms with E-state index in [4.69, 9.17) is 4.74 Å². The third kappa shape index (κ3) is 3.63. The average Bonchev–Trinajstić information content (AvgIpc) is 2.99. The fourth-order valence-corrected chi connectivity index (χ4v) is 3.53. The van der Waals surface area contributed by atoms with Crippen LogP contribution in [0.15, 0.2) is 48.8 Å². The molecule has 0 unspecified atom stereocenters. The number of carbonyl (C=O) groups excluding carboxylic acids is 1. The molecule has 1 aliphatic heterocycles. The zero-order chi connectivity index (χ0) is 17.9. The van der Waals surface area contributed by atoms with Crippen LogP contribution < -0.4 is 0 Å². The molecule has 0 saturated carbocycles. The van der Waals surface area contributed by atoms with E-state index in [1.165, 1.54) is 10.9 Å². The quantitative estimate of drug-likeness (QED) is 0.790. The summed E-state index contributed by atoms with van der Waals surface area (Å²) in [5.41, 5.74) is 3.98. The number of hydrogen-bond donors (Lipinski definition) is 1. The fraction of sp³-hybridized carbons (Fsp3) is 0.333. The molecule has 3 heterocycles. The Morgan fingerprint density at radius 3 is 3.08 bits per heavy atom. The lowest BCUT2D eigenvalue weighted by Gasteiger charge is -2.23. The maximum Gasteiger partial charge on any atom is 0.255 e. The number of aromatic nitrogens is 2. The van der Waals surface area contributed by atoms with Crippen LogP contribution >= 0.6 is 0 Å². The molecule has 1 aromatic carbocycles. The number of rotatable bonds is 3. The number of ether oxygens (including phenoxy) is 1. The number of nitrogens with zero attached hydrogens (tertiary/aromatic N) is 2. The van der Waals surface area contributed by atoms with Crippen LogP contribution in [0.4, 0.5) is 0 Å². The number of aryl methyl sites for hydroxylation is 1. The minimum absolute atomic E-state index is 0.0362. The Balaban J connectivity index is 1.48. The highest BCUT2D eigenvalue weighted by Crippen LogP contribution is 2.20. The SMILES string of the molecule is Cc1ccc(C(=O)N2CCOC[C@H](Cc3ccc4[nH]ccc4c3)C2)cn1. The summed E-state index contributed by atoms with van der Waals surface area (Å²) < 4.78 is 5.77. The predicted molar refractivity (Wildman–Crippen MR) is 101 cm³/mol. The van der Waals surface area contributed by atoms with Crippen molar-refractivity contribution < 1.29 is 9.53 Å². The Kier molecular flexibility index (Phi) is 4.71. The third-order valence-electron chi connectivity index (χ3n) is 4.93. The smallest absolute Gasteiger partial charge is 0.255 e. The molecule has 5 heteroatoms. The van der Waals surface area contributed by atoms with Crippen LogP contribution in [-0.2, 0) is 11.2 Å². The normalized spacial score (nSPS) is 18.0. The molecule has 3 aromatic rings. The van der Waals surface area contributed by atoms with E-state index in [-0.39, 0.29) is 11.8 Å². The van der Waals surface area contributed by atoms with Gasteiger partial charge in [0.2, 0.25) is 0 Å². The molecule has 1 amide bonds. The average molecular weight is 349 g/mol. The largest absolute Gasteiger partial charge is 0.379 e. The van der Waals surface area contributed by atoms with Gasteiger partial charge in [0, 0.05) is 42.6 Å². The summed E-state index contributed by atoms with van der Waals surface area (Å²) in [6, 6.07) is 12.3. The molecule has 26 heavy (non-hydrogen) atoms. The lowest BCUT2D eigenvalue weighted by molar-refractivity contribution is 0.0737. The number of aromatic amines is 1. The van der Waals surface area contributed by atoms with Crippen molar-refractivity contribution in [2.24, 2.45) is 5.92 Å². The molecule has 5 nitrogen and oxygen atoms in total. The molecule has 4 rings (SSSR count). The second-order valence-electron chi connectivity index (χ2n) is 6.98. The highest BCUT2D eigenvalue weighted by Gasteiger charge is 2.24. The van der Waals surface area contributed by atoms with Crippen LogP contribution in [0.5, 0.6) is 0 Å². The van der Waals surface area contributed by atoms with Crippen molar-refractivity contribution in [2.45, 2.75) is 13.3 Å². The number of nitrogens with one attached hydrogen (secondary N) is 1. The Labute approximate surface area is 153 Å². The van der Waals surface area contributed by atoms with Gasteiger partial charge in [-0.05, 0) is 54.6 Å². The molecule has 1 aliphatic rings. The van der Waals surface area contributed by atoms with Crippen molar-refractivity contribution in [3.63, 3.8) is 0 Å². The number of carbonyl (C=O) groups is 1. The molecular weight excluding hydrogens is 326 g/mol. The second-order valence-corrected chi connectivity index (χ2v) is 6.98. The van der Waals surface area contributed by atoms with Gasteiger partial charge >= 0.3 is 0 Å². The Hall–Kier alpha value is -2.66. The number of amides is 1. The number of pyridine rings is 1. The first kappa shape index (κ1) is 16.8. The van der Waals surface area contributed by atoms with Crippen molar-refractivity contribution in [3.05, 3.63) is 65.6 Å². The first-order valence-corrected chi connectivity index (χ1v) is 9.05. The lowest BCUT2D eigenvalue weighted by Crippen LogP contribution is -2.36. The van der Waals surface area contributed by atoms with Crippen LogP contribution in [0.1, 0.15) is 21.6 Å². The van der Waals surface area contributed by atoms with Crippen LogP contribution in [0.25, 0.3) is 10.9 Å². The highest BCUT2D eigenvalue weighted by molar-refractivity contribution is 5.94. The summed E-state index contributed by atoms with van der Waals surface area (Å²) >= 11 is 0. The van der Waals surface area contributed by atoms with Gasteiger partial charge in [-0.1, -0.05) is 6.07 Å². The number of benzene rings is 1. The van der Waals surface area contributed by atoms with Crippen molar-refractivity contribution in [1.82, 2.24) is 14.9 Å². The van der Waals surface area contributed by atoms with Gasteiger partial charge in [-0.2, -0.15) is 0 Å². The standard InChI is InChI=1S/C21H23N3O2/c1-15-2-4-19(12-23-15)21(25)24-8-9-26-14-17(13-24)10-16-3-5-20-18(11-16)6-7-22-20/h2-7,11-12,17,22H,8-10,13-14H2,1H3/t17-/m1/s1. The topological polar surface area (TPSA) is 58.2 Å². The van der Waals surface area contributed by atoms with E-state index in [1.807, 2.05) is 30.2 Å². The Morgan fingerprint density at radius 2 is 2.23 bits per heavy atom. The summed E-state index contributed by atoms with van der Waals surface area (Å²) in [5.74, 6) is 0.324. The van der Waals surface area contributed by atoms with Gasteiger partial charge in [0.15, 0.2) is 0 Å². The van der Waals surface area contributed by atoms with Crippen molar-refractivity contribution in [3.8, 4) is 0 Å². The molecule has 0 bridgehead atoms. The molecule has 1 saturated heterocycles. The zero-order valence-electron chi connectivity index (χ0n) is 14.9. The van der Waals surface area contributed by atoms with E-state index in [9.17, 15) is 4.79 Å². The summed E-state index contributed by atoms with van der Waals surface area (Å²) in [6.45, 7) is 4.52. The van der Waals surface area contributed by atoms with Gasteiger partial charge in [-0.25, -0.2) is 0 Å². The molecule has 0 spiro atoms. The van der Waals surface area contributed by atoms with Gasteiger partial charge in [-0.3, -0.25) is 9.78 Å². The van der Waals surface area contributed by atoms with Crippen molar-refractivity contribution in [2.75, 3.05) is 26.3 Å². The van der Waals surface area contributed by atoms with Crippen LogP contribution in [-0.4, -0.2) is 47.1 Å². The minimum atomic E-state index is 0.0362. The molecular formula is C21H23N3O2. The minimum Gasteiger partial charge on any atom is -0.379 e.